The van der Waals surface area contributed by atoms with Gasteiger partial charge < -0.3 is 38.9 Å². The average Bonchev–Trinajstić information content (AvgIpc) is 3.11. The van der Waals surface area contributed by atoms with E-state index >= 15 is 0 Å². The third-order valence-corrected chi connectivity index (χ3v) is 9.00. The molecule has 0 spiro atoms. The number of rotatable bonds is 12. The summed E-state index contributed by atoms with van der Waals surface area (Å²) in [4.78, 5) is 46.3. The van der Waals surface area contributed by atoms with Crippen LogP contribution in [0.3, 0.4) is 0 Å². The third-order valence-electron chi connectivity index (χ3n) is 7.21. The minimum Gasteiger partial charge on any atom is -0.366 e. The lowest BCUT2D eigenvalue weighted by Gasteiger charge is -2.14. The summed E-state index contributed by atoms with van der Waals surface area (Å²) < 4.78 is 72.9. The molecule has 0 saturated heterocycles. The van der Waals surface area contributed by atoms with Crippen molar-refractivity contribution < 1.29 is 44.7 Å². The van der Waals surface area contributed by atoms with Gasteiger partial charge in [0, 0.05) is 11.4 Å². The average molecular weight is 790 g/mol. The molecule has 2 aromatic carbocycles. The number of nitrogens with two attached hydrogens (primary N) is 4. The Morgan fingerprint density at radius 1 is 0.582 bits per heavy atom. The Morgan fingerprint density at radius 3 is 1.44 bits per heavy atom. The molecule has 0 aliphatic carbocycles. The van der Waals surface area contributed by atoms with E-state index in [1.807, 2.05) is 0 Å². The predicted molar refractivity (Wildman–Crippen MR) is 191 cm³/mol. The molecule has 280 valence electrons. The Hall–Kier alpha value is -7.48. The Bertz CT molecular complexity index is 2750. The highest BCUT2D eigenvalue weighted by Crippen LogP contribution is 2.32. The summed E-state index contributed by atoms with van der Waals surface area (Å²) in [5.74, 6) is -2.45. The predicted octanol–water partition coefficient (Wildman–Crippen LogP) is -0.304. The molecule has 0 saturated carbocycles. The number of nitrogens with zero attached hydrogens (tertiary/aromatic N) is 8. The topological polar surface area (TPSA) is 368 Å². The fourth-order valence-corrected chi connectivity index (χ4v) is 6.18. The number of nitrogen functional groups attached to an aromatic ring is 2. The van der Waals surface area contributed by atoms with Gasteiger partial charge in [0.15, 0.2) is 0 Å². The van der Waals surface area contributed by atoms with E-state index in [1.54, 1.807) is 0 Å². The normalized spacial score (nSPS) is 11.5. The van der Waals surface area contributed by atoms with Gasteiger partial charge in [-0.1, -0.05) is 0 Å². The molecule has 55 heavy (non-hydrogen) atoms. The first-order valence-corrected chi connectivity index (χ1v) is 18.0. The molecule has 2 amide bonds. The number of pyridine rings is 2. The number of aromatic nitrogens is 8. The van der Waals surface area contributed by atoms with Crippen LogP contribution < -0.4 is 48.0 Å². The first kappa shape index (κ1) is 37.3. The second kappa shape index (κ2) is 14.5. The minimum absolute atomic E-state index is 0.0211. The zero-order valence-electron chi connectivity index (χ0n) is 27.6. The SMILES string of the molecule is NC(=O)c1ccc[n+](-c2nc(N)nc(Nc3ccc(Nc4ccc(Nc5nc(N)nc(-[n+]6cccc(C(N)=O)c6)n5)c(S(=O)(=O)O)c4)c(S(=O)(=O)O)c3)n2)c1. The second-order valence-corrected chi connectivity index (χ2v) is 13.9. The van der Waals surface area contributed by atoms with Crippen LogP contribution in [0.5, 0.6) is 0 Å². The van der Waals surface area contributed by atoms with Crippen molar-refractivity contribution in [3.8, 4) is 11.9 Å². The van der Waals surface area contributed by atoms with E-state index in [9.17, 15) is 35.5 Å². The lowest BCUT2D eigenvalue weighted by Crippen LogP contribution is -2.35. The van der Waals surface area contributed by atoms with E-state index < -0.39 is 41.8 Å². The highest BCUT2D eigenvalue weighted by molar-refractivity contribution is 7.86. The van der Waals surface area contributed by atoms with Gasteiger partial charge in [-0.25, -0.2) is 9.13 Å². The second-order valence-electron chi connectivity index (χ2n) is 11.1. The van der Waals surface area contributed by atoms with Gasteiger partial charge in [0.05, 0.1) is 47.3 Å². The lowest BCUT2D eigenvalue weighted by atomic mass is 10.2. The molecule has 0 aliphatic rings. The molecular formula is C30H27N15O8S2+2. The third kappa shape index (κ3) is 8.77. The molecule has 0 unspecified atom stereocenters. The van der Waals surface area contributed by atoms with E-state index in [2.05, 4.69) is 45.9 Å². The number of benzene rings is 2. The van der Waals surface area contributed by atoms with E-state index in [-0.39, 0.29) is 69.6 Å². The van der Waals surface area contributed by atoms with E-state index in [4.69, 9.17) is 22.9 Å². The number of hydrogen-bond donors (Lipinski definition) is 9. The summed E-state index contributed by atoms with van der Waals surface area (Å²) in [5, 5.41) is 8.12. The first-order chi connectivity index (χ1) is 25.9. The molecule has 0 aliphatic heterocycles. The van der Waals surface area contributed by atoms with Crippen molar-refractivity contribution in [1.29, 1.82) is 0 Å². The van der Waals surface area contributed by atoms with Gasteiger partial charge in [-0.15, -0.1) is 9.97 Å². The highest BCUT2D eigenvalue weighted by Gasteiger charge is 2.24. The molecule has 6 rings (SSSR count). The molecule has 23 nitrogen and oxygen atoms in total. The number of anilines is 8. The van der Waals surface area contributed by atoms with Crippen molar-refractivity contribution in [1.82, 2.24) is 29.9 Å². The maximum Gasteiger partial charge on any atom is 0.444 e. The molecular weight excluding hydrogens is 763 g/mol. The lowest BCUT2D eigenvalue weighted by molar-refractivity contribution is -0.603. The van der Waals surface area contributed by atoms with Crippen molar-refractivity contribution in [3.05, 3.63) is 96.6 Å². The van der Waals surface area contributed by atoms with Crippen molar-refractivity contribution in [3.63, 3.8) is 0 Å². The van der Waals surface area contributed by atoms with Crippen LogP contribution in [0.25, 0.3) is 11.9 Å². The molecule has 0 radical (unpaired) electrons. The monoisotopic (exact) mass is 789 g/mol. The largest absolute Gasteiger partial charge is 0.444 e. The highest BCUT2D eigenvalue weighted by atomic mass is 32.2. The fraction of sp³-hybridized carbons (Fsp3) is 0. The number of primary amides is 2. The van der Waals surface area contributed by atoms with Crippen molar-refractivity contribution in [2.24, 2.45) is 11.5 Å². The molecule has 0 fully saturated rings. The number of hydrogen-bond acceptors (Lipinski definition) is 17. The van der Waals surface area contributed by atoms with Gasteiger partial charge in [0.1, 0.15) is 9.79 Å². The van der Waals surface area contributed by atoms with Crippen LogP contribution in [-0.4, -0.2) is 67.7 Å². The van der Waals surface area contributed by atoms with Crippen molar-refractivity contribution in [2.75, 3.05) is 27.4 Å². The summed E-state index contributed by atoms with van der Waals surface area (Å²) in [7, 11) is -9.90. The summed E-state index contributed by atoms with van der Waals surface area (Å²) in [6.07, 6.45) is 5.71. The van der Waals surface area contributed by atoms with Gasteiger partial charge in [-0.3, -0.25) is 18.7 Å². The maximum absolute atomic E-state index is 12.5. The summed E-state index contributed by atoms with van der Waals surface area (Å²) in [6.45, 7) is 0. The number of nitrogens with one attached hydrogen (secondary N) is 3. The van der Waals surface area contributed by atoms with E-state index in [1.165, 1.54) is 82.5 Å². The molecule has 4 aromatic heterocycles. The van der Waals surface area contributed by atoms with Crippen LogP contribution >= 0.6 is 0 Å². The fourth-order valence-electron chi connectivity index (χ4n) is 4.83. The van der Waals surface area contributed by atoms with Crippen LogP contribution in [0.4, 0.5) is 46.5 Å². The van der Waals surface area contributed by atoms with Gasteiger partial charge in [0.25, 0.3) is 32.1 Å². The molecule has 25 heteroatoms. The van der Waals surface area contributed by atoms with Crippen LogP contribution in [0.1, 0.15) is 20.7 Å². The van der Waals surface area contributed by atoms with Gasteiger partial charge in [-0.05, 0) is 80.6 Å². The maximum atomic E-state index is 12.5. The van der Waals surface area contributed by atoms with E-state index in [0.29, 0.717) is 0 Å². The summed E-state index contributed by atoms with van der Waals surface area (Å²) in [6, 6.07) is 13.1. The van der Waals surface area contributed by atoms with Crippen molar-refractivity contribution in [2.45, 2.75) is 9.79 Å². The Morgan fingerprint density at radius 2 is 1.00 bits per heavy atom. The smallest absolute Gasteiger partial charge is 0.366 e. The van der Waals surface area contributed by atoms with Crippen LogP contribution in [0, 0.1) is 0 Å². The molecule has 0 atom stereocenters. The first-order valence-electron chi connectivity index (χ1n) is 15.1. The van der Waals surface area contributed by atoms with Crippen LogP contribution in [0.15, 0.2) is 95.2 Å². The molecule has 4 heterocycles. The zero-order valence-corrected chi connectivity index (χ0v) is 29.3. The van der Waals surface area contributed by atoms with Crippen LogP contribution in [0.2, 0.25) is 0 Å². The Labute approximate surface area is 309 Å². The molecule has 13 N–H and O–H groups in total. The number of carbonyl (C=O) groups excluding carboxylic acids is 2. The Kier molecular flexibility index (Phi) is 9.83. The standard InChI is InChI=1S/C30H25N15O8S2/c31-23(46)15-3-1-9-44(13-15)29-40-25(33)38-27(42-29)36-18-6-7-19(21(12-18)54(48,49)50)35-17-5-8-20(22(11-17)55(51,52)53)37-28-39-26(34)41-30(43-28)45-10-2-4-16(14-45)24(32)47/h1-14,35H,(H10-2,31,32,33,34,36,37,38,39,40,41,42,43,46,47,48,49,50,51,52,53)/p+2. The van der Waals surface area contributed by atoms with E-state index in [0.717, 1.165) is 12.1 Å². The number of amides is 2. The van der Waals surface area contributed by atoms with Crippen molar-refractivity contribution >= 4 is 78.6 Å². The van der Waals surface area contributed by atoms with Gasteiger partial charge in [-0.2, -0.15) is 16.8 Å². The zero-order chi connectivity index (χ0) is 39.7. The Balaban J connectivity index is 1.29. The molecule has 6 aromatic rings. The number of carbonyl (C=O) groups is 2. The minimum atomic E-state index is -4.96. The van der Waals surface area contributed by atoms with Crippen LogP contribution in [-0.2, 0) is 20.2 Å². The molecule has 0 bridgehead atoms. The quantitative estimate of drug-likeness (QED) is 0.0567. The summed E-state index contributed by atoms with van der Waals surface area (Å²) in [5.41, 5.74) is 22.2. The van der Waals surface area contributed by atoms with Gasteiger partial charge in [0.2, 0.25) is 0 Å². The van der Waals surface area contributed by atoms with Gasteiger partial charge >= 0.3 is 35.7 Å². The summed E-state index contributed by atoms with van der Waals surface area (Å²) >= 11 is 0.